The zero-order valence-electron chi connectivity index (χ0n) is 33.8. The molecule has 0 aliphatic carbocycles. The van der Waals surface area contributed by atoms with Crippen LogP contribution < -0.4 is 31.1 Å². The molecule has 2 aromatic heterocycles. The van der Waals surface area contributed by atoms with Crippen molar-refractivity contribution in [2.75, 3.05) is 86.4 Å². The second-order valence-electron chi connectivity index (χ2n) is 15.0. The zero-order chi connectivity index (χ0) is 44.0. The summed E-state index contributed by atoms with van der Waals surface area (Å²) in [4.78, 5) is 80.3. The molecule has 4 aliphatic heterocycles. The van der Waals surface area contributed by atoms with Crippen molar-refractivity contribution in [1.82, 2.24) is 10.6 Å². The van der Waals surface area contributed by atoms with E-state index in [-0.39, 0.29) is 61.9 Å². The third-order valence-electron chi connectivity index (χ3n) is 10.7. The standard InChI is InChI=1S/2C21H22BrN3O5S/c2*1-13-10-14(2-3-15(13)25-7-9-29-11-18(25)26)23-20(28)21(6-8-30-12-21)24-19(27)16-4-5-17(22)31-16/h2*2-5,10H,6-9,11-12H2,1H3,(H,23,28)(H,24,27)/t2*21-/m10/s1. The minimum atomic E-state index is -1.14. The summed E-state index contributed by atoms with van der Waals surface area (Å²) >= 11 is 9.30. The number of morpholine rings is 2. The van der Waals surface area contributed by atoms with Gasteiger partial charge in [0.25, 0.3) is 35.4 Å². The van der Waals surface area contributed by atoms with Crippen LogP contribution in [0.5, 0.6) is 0 Å². The van der Waals surface area contributed by atoms with Crippen LogP contribution in [-0.2, 0) is 38.1 Å². The first-order valence-corrected chi connectivity index (χ1v) is 22.9. The molecule has 0 spiro atoms. The molecule has 6 heterocycles. The maximum atomic E-state index is 13.2. The molecule has 8 rings (SSSR count). The summed E-state index contributed by atoms with van der Waals surface area (Å²) in [6.45, 7) is 6.89. The van der Waals surface area contributed by atoms with Gasteiger partial charge < -0.3 is 50.0 Å². The Kier molecular flexibility index (Phi) is 14.6. The smallest absolute Gasteiger partial charge is 0.262 e. The molecular formula is C42H44Br2N6O10S2. The lowest BCUT2D eigenvalue weighted by atomic mass is 9.96. The van der Waals surface area contributed by atoms with E-state index in [1.165, 1.54) is 22.7 Å². The number of halogens is 2. The van der Waals surface area contributed by atoms with Crippen molar-refractivity contribution in [3.8, 4) is 0 Å². The van der Waals surface area contributed by atoms with E-state index in [0.717, 1.165) is 30.1 Å². The first kappa shape index (κ1) is 45.5. The van der Waals surface area contributed by atoms with Gasteiger partial charge in [-0.25, -0.2) is 0 Å². The zero-order valence-corrected chi connectivity index (χ0v) is 38.6. The number of nitrogens with one attached hydrogen (secondary N) is 4. The molecule has 4 N–H and O–H groups in total. The molecule has 20 heteroatoms. The van der Waals surface area contributed by atoms with E-state index in [1.54, 1.807) is 46.2 Å². The van der Waals surface area contributed by atoms with Crippen LogP contribution in [0.4, 0.5) is 22.7 Å². The van der Waals surface area contributed by atoms with Crippen molar-refractivity contribution in [3.63, 3.8) is 0 Å². The van der Waals surface area contributed by atoms with Gasteiger partial charge in [0.1, 0.15) is 24.3 Å². The van der Waals surface area contributed by atoms with Crippen LogP contribution in [-0.4, -0.2) is 112 Å². The van der Waals surface area contributed by atoms with Gasteiger partial charge in [0.2, 0.25) is 0 Å². The van der Waals surface area contributed by atoms with Crippen molar-refractivity contribution in [2.24, 2.45) is 0 Å². The first-order valence-electron chi connectivity index (χ1n) is 19.7. The number of carbonyl (C=O) groups is 6. The fourth-order valence-corrected chi connectivity index (χ4v) is 9.91. The predicted octanol–water partition coefficient (Wildman–Crippen LogP) is 5.42. The van der Waals surface area contributed by atoms with Gasteiger partial charge in [0.15, 0.2) is 0 Å². The molecular weight excluding hydrogens is 972 g/mol. The number of carbonyl (C=O) groups excluding carboxylic acids is 6. The molecule has 16 nitrogen and oxygen atoms in total. The highest BCUT2D eigenvalue weighted by molar-refractivity contribution is 9.11. The van der Waals surface area contributed by atoms with Crippen LogP contribution in [0.1, 0.15) is 43.3 Å². The quantitative estimate of drug-likeness (QED) is 0.160. The fourth-order valence-electron chi connectivity index (χ4n) is 7.35. The van der Waals surface area contributed by atoms with Gasteiger partial charge in [-0.1, -0.05) is 0 Å². The number of benzene rings is 2. The van der Waals surface area contributed by atoms with E-state index in [1.807, 2.05) is 38.1 Å². The Bertz CT molecular complexity index is 2200. The summed E-state index contributed by atoms with van der Waals surface area (Å²) in [5.41, 5.74) is 2.21. The second kappa shape index (κ2) is 19.9. The Hall–Kier alpha value is -4.54. The number of ether oxygens (including phenoxy) is 4. The Labute approximate surface area is 382 Å². The maximum Gasteiger partial charge on any atom is 0.262 e. The average Bonchev–Trinajstić information content (AvgIpc) is 4.09. The van der Waals surface area contributed by atoms with E-state index in [0.29, 0.717) is 73.5 Å². The number of rotatable bonds is 10. The van der Waals surface area contributed by atoms with E-state index in [9.17, 15) is 28.8 Å². The van der Waals surface area contributed by atoms with Crippen LogP contribution in [0.3, 0.4) is 0 Å². The monoisotopic (exact) mass is 1010 g/mol. The molecule has 4 saturated heterocycles. The highest BCUT2D eigenvalue weighted by Crippen LogP contribution is 2.31. The lowest BCUT2D eigenvalue weighted by Gasteiger charge is -2.29. The minimum absolute atomic E-state index is 0.0704. The number of hydrogen-bond acceptors (Lipinski definition) is 12. The summed E-state index contributed by atoms with van der Waals surface area (Å²) < 4.78 is 23.0. The molecule has 2 atom stereocenters. The predicted molar refractivity (Wildman–Crippen MR) is 241 cm³/mol. The summed E-state index contributed by atoms with van der Waals surface area (Å²) in [7, 11) is 0. The Morgan fingerprint density at radius 3 is 1.34 bits per heavy atom. The van der Waals surface area contributed by atoms with Crippen LogP contribution >= 0.6 is 54.5 Å². The third kappa shape index (κ3) is 10.5. The van der Waals surface area contributed by atoms with Crippen molar-refractivity contribution < 1.29 is 47.7 Å². The molecule has 0 radical (unpaired) electrons. The SMILES string of the molecule is Cc1cc(NC(=O)[C@@]2(NC(=O)c3ccc(Br)s3)CCOC2)ccc1N1CCOCC1=O.Cc1cc(NC(=O)[C@]2(NC(=O)c3ccc(Br)s3)CCOC2)ccc1N1CCOCC1=O. The highest BCUT2D eigenvalue weighted by Gasteiger charge is 2.45. The molecule has 4 aliphatic rings. The normalized spacial score (nSPS) is 21.2. The van der Waals surface area contributed by atoms with Gasteiger partial charge in [0, 0.05) is 61.9 Å². The molecule has 4 aromatic rings. The van der Waals surface area contributed by atoms with Crippen molar-refractivity contribution in [1.29, 1.82) is 0 Å². The summed E-state index contributed by atoms with van der Waals surface area (Å²) in [5.74, 6) is -1.46. The molecule has 4 fully saturated rings. The fraction of sp³-hybridized carbons (Fsp3) is 0.381. The number of aryl methyl sites for hydroxylation is 2. The molecule has 6 amide bonds. The Morgan fingerprint density at radius 2 is 1.02 bits per heavy atom. The van der Waals surface area contributed by atoms with Crippen molar-refractivity contribution in [3.05, 3.63) is 89.1 Å². The van der Waals surface area contributed by atoms with Crippen LogP contribution in [0.15, 0.2) is 68.2 Å². The molecule has 0 saturated carbocycles. The van der Waals surface area contributed by atoms with Crippen molar-refractivity contribution >= 4 is 113 Å². The maximum absolute atomic E-state index is 13.2. The van der Waals surface area contributed by atoms with Gasteiger partial charge >= 0.3 is 0 Å². The molecule has 0 bridgehead atoms. The van der Waals surface area contributed by atoms with E-state index in [2.05, 4.69) is 53.1 Å². The lowest BCUT2D eigenvalue weighted by Crippen LogP contribution is -2.57. The Morgan fingerprint density at radius 1 is 0.597 bits per heavy atom. The lowest BCUT2D eigenvalue weighted by molar-refractivity contribution is -0.126. The summed E-state index contributed by atoms with van der Waals surface area (Å²) in [5, 5.41) is 11.5. The number of amides is 6. The number of anilines is 4. The molecule has 0 unspecified atom stereocenters. The van der Waals surface area contributed by atoms with Gasteiger partial charge in [0.05, 0.1) is 43.8 Å². The number of nitrogens with zero attached hydrogens (tertiary/aromatic N) is 2. The van der Waals surface area contributed by atoms with E-state index in [4.69, 9.17) is 18.9 Å². The van der Waals surface area contributed by atoms with Crippen LogP contribution in [0.2, 0.25) is 0 Å². The molecule has 2 aromatic carbocycles. The largest absolute Gasteiger partial charge is 0.378 e. The number of hydrogen-bond donors (Lipinski definition) is 4. The van der Waals surface area contributed by atoms with Gasteiger partial charge in [-0.05, 0) is 117 Å². The summed E-state index contributed by atoms with van der Waals surface area (Å²) in [6.07, 6.45) is 0.771. The molecule has 328 valence electrons. The van der Waals surface area contributed by atoms with Gasteiger partial charge in [-0.2, -0.15) is 0 Å². The summed E-state index contributed by atoms with van der Waals surface area (Å²) in [6, 6.07) is 17.8. The third-order valence-corrected chi connectivity index (χ3v) is 13.9. The Balaban J connectivity index is 0.000000186. The highest BCUT2D eigenvalue weighted by atomic mass is 79.9. The topological polar surface area (TPSA) is 194 Å². The van der Waals surface area contributed by atoms with Crippen molar-refractivity contribution in [2.45, 2.75) is 37.8 Å². The molecule has 62 heavy (non-hydrogen) atoms. The van der Waals surface area contributed by atoms with E-state index >= 15 is 0 Å². The minimum Gasteiger partial charge on any atom is -0.378 e. The first-order chi connectivity index (χ1) is 29.8. The van der Waals surface area contributed by atoms with Crippen LogP contribution in [0, 0.1) is 13.8 Å². The van der Waals surface area contributed by atoms with Crippen LogP contribution in [0.25, 0.3) is 0 Å². The van der Waals surface area contributed by atoms with Gasteiger partial charge in [-0.15, -0.1) is 22.7 Å². The number of thiophene rings is 2. The second-order valence-corrected chi connectivity index (χ2v) is 19.9. The average molecular weight is 1020 g/mol. The van der Waals surface area contributed by atoms with E-state index < -0.39 is 11.1 Å². The van der Waals surface area contributed by atoms with Gasteiger partial charge in [-0.3, -0.25) is 28.8 Å².